The van der Waals surface area contributed by atoms with Gasteiger partial charge in [0.15, 0.2) is 0 Å². The molecule has 0 bridgehead atoms. The Labute approximate surface area is 61.5 Å². The second-order valence-electron chi connectivity index (χ2n) is 2.25. The fourth-order valence-corrected chi connectivity index (χ4v) is 0.628. The zero-order valence-corrected chi connectivity index (χ0v) is 6.72. The molecule has 1 amide bonds. The normalized spacial score (nSPS) is 11.3. The summed E-state index contributed by atoms with van der Waals surface area (Å²) in [6.45, 7) is 1.90. The first kappa shape index (κ1) is 9.01. The van der Waals surface area contributed by atoms with Crippen molar-refractivity contribution in [2.24, 2.45) is 5.73 Å². The van der Waals surface area contributed by atoms with Gasteiger partial charge in [0.05, 0.1) is 0 Å². The molecular formula is C7H14N2O. The van der Waals surface area contributed by atoms with E-state index in [1.165, 1.54) is 11.1 Å². The topological polar surface area (TPSA) is 46.3 Å². The standard InChI is InChI=1S/C7H14N2O/c1-4-6(5-8)7(10)9(2)3/h5H,4,8H2,1-3H3. The minimum Gasteiger partial charge on any atom is -0.404 e. The van der Waals surface area contributed by atoms with Crippen LogP contribution in [0, 0.1) is 0 Å². The summed E-state index contributed by atoms with van der Waals surface area (Å²) in [7, 11) is 3.42. The first-order valence-electron chi connectivity index (χ1n) is 3.25. The first-order chi connectivity index (χ1) is 4.63. The molecule has 10 heavy (non-hydrogen) atoms. The molecule has 0 unspecified atom stereocenters. The third kappa shape index (κ3) is 2.09. The van der Waals surface area contributed by atoms with Gasteiger partial charge in [0.2, 0.25) is 0 Å². The molecule has 0 rings (SSSR count). The predicted molar refractivity (Wildman–Crippen MR) is 41.3 cm³/mol. The van der Waals surface area contributed by atoms with Crippen LogP contribution in [0.2, 0.25) is 0 Å². The molecule has 3 nitrogen and oxygen atoms in total. The Balaban J connectivity index is 4.18. The number of nitrogens with zero attached hydrogens (tertiary/aromatic N) is 1. The van der Waals surface area contributed by atoms with Gasteiger partial charge in [-0.3, -0.25) is 4.79 Å². The number of likely N-dealkylation sites (N-methyl/N-ethyl adjacent to an activating group) is 1. The predicted octanol–water partition coefficient (Wildman–Crippen LogP) is 0.327. The minimum absolute atomic E-state index is 0.00926. The van der Waals surface area contributed by atoms with E-state index in [0.29, 0.717) is 12.0 Å². The molecule has 0 radical (unpaired) electrons. The summed E-state index contributed by atoms with van der Waals surface area (Å²) in [5.41, 5.74) is 5.87. The maximum atomic E-state index is 11.1. The molecule has 0 aliphatic carbocycles. The minimum atomic E-state index is -0.00926. The molecule has 0 aromatic heterocycles. The van der Waals surface area contributed by atoms with Crippen molar-refractivity contribution in [3.63, 3.8) is 0 Å². The highest BCUT2D eigenvalue weighted by atomic mass is 16.2. The number of hydrogen-bond acceptors (Lipinski definition) is 2. The average molecular weight is 142 g/mol. The molecule has 0 spiro atoms. The molecule has 0 saturated carbocycles. The van der Waals surface area contributed by atoms with E-state index in [2.05, 4.69) is 0 Å². The Morgan fingerprint density at radius 3 is 2.20 bits per heavy atom. The number of nitrogens with two attached hydrogens (primary N) is 1. The highest BCUT2D eigenvalue weighted by Crippen LogP contribution is 2.00. The summed E-state index contributed by atoms with van der Waals surface area (Å²) in [5, 5.41) is 0. The molecule has 0 aromatic carbocycles. The molecule has 0 aliphatic rings. The van der Waals surface area contributed by atoms with Crippen molar-refractivity contribution in [3.05, 3.63) is 11.8 Å². The zero-order valence-electron chi connectivity index (χ0n) is 6.72. The van der Waals surface area contributed by atoms with Gasteiger partial charge < -0.3 is 10.6 Å². The van der Waals surface area contributed by atoms with Crippen LogP contribution in [0.25, 0.3) is 0 Å². The average Bonchev–Trinajstić information content (AvgIpc) is 1.90. The van der Waals surface area contributed by atoms with E-state index in [4.69, 9.17) is 5.73 Å². The summed E-state index contributed by atoms with van der Waals surface area (Å²) >= 11 is 0. The summed E-state index contributed by atoms with van der Waals surface area (Å²) in [4.78, 5) is 12.6. The van der Waals surface area contributed by atoms with E-state index in [1.54, 1.807) is 14.1 Å². The third-order valence-corrected chi connectivity index (χ3v) is 1.26. The van der Waals surface area contributed by atoms with E-state index in [9.17, 15) is 4.79 Å². The largest absolute Gasteiger partial charge is 0.404 e. The van der Waals surface area contributed by atoms with E-state index < -0.39 is 0 Å². The second-order valence-corrected chi connectivity index (χ2v) is 2.25. The van der Waals surface area contributed by atoms with Crippen LogP contribution in [-0.4, -0.2) is 24.9 Å². The smallest absolute Gasteiger partial charge is 0.250 e. The third-order valence-electron chi connectivity index (χ3n) is 1.26. The zero-order chi connectivity index (χ0) is 8.15. The van der Waals surface area contributed by atoms with Crippen LogP contribution in [-0.2, 0) is 4.79 Å². The lowest BCUT2D eigenvalue weighted by molar-refractivity contribution is -0.124. The van der Waals surface area contributed by atoms with Gasteiger partial charge in [0, 0.05) is 25.9 Å². The second kappa shape index (κ2) is 3.93. The SMILES string of the molecule is CCC(=CN)C(=O)N(C)C. The summed E-state index contributed by atoms with van der Waals surface area (Å²) < 4.78 is 0. The molecule has 0 atom stereocenters. The molecule has 2 N–H and O–H groups in total. The number of carbonyl (C=O) groups excluding carboxylic acids is 1. The van der Waals surface area contributed by atoms with E-state index in [1.807, 2.05) is 6.92 Å². The van der Waals surface area contributed by atoms with Crippen molar-refractivity contribution >= 4 is 5.91 Å². The summed E-state index contributed by atoms with van der Waals surface area (Å²) in [5.74, 6) is -0.00926. The summed E-state index contributed by atoms with van der Waals surface area (Å²) in [6.07, 6.45) is 2.05. The van der Waals surface area contributed by atoms with E-state index >= 15 is 0 Å². The Morgan fingerprint density at radius 2 is 2.10 bits per heavy atom. The van der Waals surface area contributed by atoms with Crippen LogP contribution in [0.1, 0.15) is 13.3 Å². The van der Waals surface area contributed by atoms with Crippen molar-refractivity contribution in [2.75, 3.05) is 14.1 Å². The summed E-state index contributed by atoms with van der Waals surface area (Å²) in [6, 6.07) is 0. The van der Waals surface area contributed by atoms with Gasteiger partial charge in [-0.15, -0.1) is 0 Å². The lowest BCUT2D eigenvalue weighted by atomic mass is 10.2. The van der Waals surface area contributed by atoms with Crippen LogP contribution in [0.15, 0.2) is 11.8 Å². The van der Waals surface area contributed by atoms with E-state index in [0.717, 1.165) is 0 Å². The maximum Gasteiger partial charge on any atom is 0.250 e. The molecule has 0 heterocycles. The molecule has 0 aliphatic heterocycles. The highest BCUT2D eigenvalue weighted by Gasteiger charge is 2.07. The molecule has 0 fully saturated rings. The first-order valence-corrected chi connectivity index (χ1v) is 3.25. The van der Waals surface area contributed by atoms with Crippen LogP contribution >= 0.6 is 0 Å². The lowest BCUT2D eigenvalue weighted by Crippen LogP contribution is -2.23. The molecule has 58 valence electrons. The van der Waals surface area contributed by atoms with Gasteiger partial charge in [0.1, 0.15) is 0 Å². The van der Waals surface area contributed by atoms with Gasteiger partial charge in [0.25, 0.3) is 5.91 Å². The van der Waals surface area contributed by atoms with Crippen LogP contribution in [0.4, 0.5) is 0 Å². The van der Waals surface area contributed by atoms with Crippen LogP contribution < -0.4 is 5.73 Å². The number of amides is 1. The number of hydrogen-bond donors (Lipinski definition) is 1. The van der Waals surface area contributed by atoms with Crippen molar-refractivity contribution in [2.45, 2.75) is 13.3 Å². The van der Waals surface area contributed by atoms with E-state index in [-0.39, 0.29) is 5.91 Å². The van der Waals surface area contributed by atoms with Crippen molar-refractivity contribution in [1.82, 2.24) is 4.90 Å². The molecular weight excluding hydrogens is 128 g/mol. The van der Waals surface area contributed by atoms with Gasteiger partial charge >= 0.3 is 0 Å². The maximum absolute atomic E-state index is 11.1. The lowest BCUT2D eigenvalue weighted by Gasteiger charge is -2.10. The van der Waals surface area contributed by atoms with Gasteiger partial charge in [-0.05, 0) is 6.42 Å². The van der Waals surface area contributed by atoms with Crippen molar-refractivity contribution < 1.29 is 4.79 Å². The van der Waals surface area contributed by atoms with Crippen molar-refractivity contribution in [1.29, 1.82) is 0 Å². The Kier molecular flexibility index (Phi) is 3.54. The van der Waals surface area contributed by atoms with Crippen LogP contribution in [0.3, 0.4) is 0 Å². The van der Waals surface area contributed by atoms with Gasteiger partial charge in [-0.1, -0.05) is 6.92 Å². The van der Waals surface area contributed by atoms with Crippen LogP contribution in [0.5, 0.6) is 0 Å². The van der Waals surface area contributed by atoms with Gasteiger partial charge in [-0.25, -0.2) is 0 Å². The Hall–Kier alpha value is -0.990. The van der Waals surface area contributed by atoms with Crippen molar-refractivity contribution in [3.8, 4) is 0 Å². The fraction of sp³-hybridized carbons (Fsp3) is 0.571. The highest BCUT2D eigenvalue weighted by molar-refractivity contribution is 5.92. The molecule has 0 aromatic rings. The number of carbonyl (C=O) groups is 1. The Bertz CT molecular complexity index is 150. The molecule has 0 saturated heterocycles. The van der Waals surface area contributed by atoms with Gasteiger partial charge in [-0.2, -0.15) is 0 Å². The molecule has 3 heteroatoms. The quantitative estimate of drug-likeness (QED) is 0.565. The monoisotopic (exact) mass is 142 g/mol. The number of rotatable bonds is 2. The Morgan fingerprint density at radius 1 is 1.60 bits per heavy atom. The fourth-order valence-electron chi connectivity index (χ4n) is 0.628.